The summed E-state index contributed by atoms with van der Waals surface area (Å²) in [6.45, 7) is 6.48. The molecule has 0 aliphatic heterocycles. The average molecular weight is 221 g/mol. The van der Waals surface area contributed by atoms with Crippen LogP contribution in [0, 0.1) is 6.92 Å². The van der Waals surface area contributed by atoms with Crippen LogP contribution in [0.15, 0.2) is 24.3 Å². The lowest BCUT2D eigenvalue weighted by Gasteiger charge is -2.14. The first-order valence-corrected chi connectivity index (χ1v) is 5.64. The molecule has 0 aromatic heterocycles. The van der Waals surface area contributed by atoms with Crippen molar-refractivity contribution in [3.63, 3.8) is 0 Å². The Kier molecular flexibility index (Phi) is 4.83. The van der Waals surface area contributed by atoms with Crippen molar-refractivity contribution in [2.24, 2.45) is 0 Å². The second kappa shape index (κ2) is 6.16. The molecular formula is C13H19NO2. The van der Waals surface area contributed by atoms with Crippen LogP contribution in [0.5, 0.6) is 5.75 Å². The summed E-state index contributed by atoms with van der Waals surface area (Å²) in [5.41, 5.74) is 1.18. The van der Waals surface area contributed by atoms with Crippen LogP contribution in [0.1, 0.15) is 25.8 Å². The molecule has 0 spiro atoms. The predicted octanol–water partition coefficient (Wildman–Crippen LogP) is 2.29. The number of benzene rings is 1. The van der Waals surface area contributed by atoms with Crippen LogP contribution in [0.2, 0.25) is 0 Å². The molecule has 3 nitrogen and oxygen atoms in total. The number of carbonyl (C=O) groups is 1. The molecule has 1 atom stereocenters. The van der Waals surface area contributed by atoms with E-state index in [1.165, 1.54) is 5.56 Å². The molecule has 0 aliphatic carbocycles. The van der Waals surface area contributed by atoms with Gasteiger partial charge in [-0.05, 0) is 32.4 Å². The fraction of sp³-hybridized carbons (Fsp3) is 0.462. The molecule has 0 radical (unpaired) electrons. The van der Waals surface area contributed by atoms with E-state index < -0.39 is 6.10 Å². The van der Waals surface area contributed by atoms with E-state index >= 15 is 0 Å². The maximum absolute atomic E-state index is 11.5. The van der Waals surface area contributed by atoms with E-state index in [4.69, 9.17) is 4.74 Å². The fourth-order valence-corrected chi connectivity index (χ4v) is 1.27. The van der Waals surface area contributed by atoms with E-state index in [1.807, 2.05) is 38.1 Å². The summed E-state index contributed by atoms with van der Waals surface area (Å²) in [6, 6.07) is 7.68. The quantitative estimate of drug-likeness (QED) is 0.828. The van der Waals surface area contributed by atoms with Gasteiger partial charge in [0.25, 0.3) is 5.91 Å². The van der Waals surface area contributed by atoms with Gasteiger partial charge in [0.15, 0.2) is 6.10 Å². The molecule has 1 aromatic rings. The molecule has 0 fully saturated rings. The first kappa shape index (κ1) is 12.6. The highest BCUT2D eigenvalue weighted by Gasteiger charge is 2.13. The summed E-state index contributed by atoms with van der Waals surface area (Å²) in [4.78, 5) is 11.5. The van der Waals surface area contributed by atoms with Gasteiger partial charge in [-0.3, -0.25) is 4.79 Å². The molecular weight excluding hydrogens is 202 g/mol. The Bertz CT molecular complexity index is 332. The fourth-order valence-electron chi connectivity index (χ4n) is 1.27. The van der Waals surface area contributed by atoms with Gasteiger partial charge in [0, 0.05) is 6.54 Å². The van der Waals surface area contributed by atoms with Gasteiger partial charge in [-0.25, -0.2) is 0 Å². The number of aryl methyl sites for hydroxylation is 1. The van der Waals surface area contributed by atoms with Gasteiger partial charge in [-0.15, -0.1) is 0 Å². The van der Waals surface area contributed by atoms with Crippen LogP contribution >= 0.6 is 0 Å². The molecule has 0 unspecified atom stereocenters. The van der Waals surface area contributed by atoms with Gasteiger partial charge in [0.2, 0.25) is 0 Å². The smallest absolute Gasteiger partial charge is 0.260 e. The second-order valence-electron chi connectivity index (χ2n) is 3.86. The van der Waals surface area contributed by atoms with E-state index in [0.29, 0.717) is 6.54 Å². The van der Waals surface area contributed by atoms with Crippen LogP contribution in [0.3, 0.4) is 0 Å². The zero-order chi connectivity index (χ0) is 12.0. The Hall–Kier alpha value is -1.51. The molecule has 1 amide bonds. The third kappa shape index (κ3) is 3.93. The highest BCUT2D eigenvalue weighted by molar-refractivity contribution is 5.80. The summed E-state index contributed by atoms with van der Waals surface area (Å²) in [5.74, 6) is 0.659. The number of amides is 1. The summed E-state index contributed by atoms with van der Waals surface area (Å²) in [6.07, 6.45) is 0.484. The Morgan fingerprint density at radius 2 is 2.00 bits per heavy atom. The minimum absolute atomic E-state index is 0.0672. The van der Waals surface area contributed by atoms with Crippen molar-refractivity contribution in [3.05, 3.63) is 29.8 Å². The van der Waals surface area contributed by atoms with E-state index in [2.05, 4.69) is 5.32 Å². The van der Waals surface area contributed by atoms with Gasteiger partial charge < -0.3 is 10.1 Å². The molecule has 0 saturated heterocycles. The van der Waals surface area contributed by atoms with Crippen molar-refractivity contribution in [2.45, 2.75) is 33.3 Å². The maximum atomic E-state index is 11.5. The van der Waals surface area contributed by atoms with E-state index in [9.17, 15) is 4.79 Å². The van der Waals surface area contributed by atoms with Crippen molar-refractivity contribution < 1.29 is 9.53 Å². The molecule has 3 heteroatoms. The zero-order valence-electron chi connectivity index (χ0n) is 10.1. The van der Waals surface area contributed by atoms with Crippen LogP contribution < -0.4 is 10.1 Å². The lowest BCUT2D eigenvalue weighted by atomic mass is 10.2. The Balaban J connectivity index is 2.47. The first-order valence-electron chi connectivity index (χ1n) is 5.64. The Morgan fingerprint density at radius 3 is 2.56 bits per heavy atom. The van der Waals surface area contributed by atoms with Crippen molar-refractivity contribution in [3.8, 4) is 5.75 Å². The highest BCUT2D eigenvalue weighted by atomic mass is 16.5. The van der Waals surface area contributed by atoms with E-state index in [1.54, 1.807) is 6.92 Å². The minimum atomic E-state index is -0.450. The number of carbonyl (C=O) groups excluding carboxylic acids is 1. The van der Waals surface area contributed by atoms with Crippen LogP contribution in [-0.4, -0.2) is 18.6 Å². The Labute approximate surface area is 96.8 Å². The van der Waals surface area contributed by atoms with Crippen molar-refractivity contribution in [1.29, 1.82) is 0 Å². The van der Waals surface area contributed by atoms with Crippen molar-refractivity contribution >= 4 is 5.91 Å². The molecule has 1 aromatic carbocycles. The molecule has 1 N–H and O–H groups in total. The average Bonchev–Trinajstić information content (AvgIpc) is 2.29. The molecule has 0 heterocycles. The van der Waals surface area contributed by atoms with Gasteiger partial charge in [-0.2, -0.15) is 0 Å². The number of nitrogens with one attached hydrogen (secondary N) is 1. The molecule has 0 saturated carbocycles. The first-order chi connectivity index (χ1) is 7.63. The summed E-state index contributed by atoms with van der Waals surface area (Å²) in [7, 11) is 0. The van der Waals surface area contributed by atoms with Gasteiger partial charge in [-0.1, -0.05) is 24.6 Å². The minimum Gasteiger partial charge on any atom is -0.481 e. The summed E-state index contributed by atoms with van der Waals surface area (Å²) in [5, 5.41) is 2.80. The third-order valence-corrected chi connectivity index (χ3v) is 2.25. The summed E-state index contributed by atoms with van der Waals surface area (Å²) < 4.78 is 5.52. The normalized spacial score (nSPS) is 11.9. The zero-order valence-corrected chi connectivity index (χ0v) is 10.1. The SMILES string of the molecule is CCCNC(=O)[C@@H](C)Oc1ccc(C)cc1. The topological polar surface area (TPSA) is 38.3 Å². The predicted molar refractivity (Wildman–Crippen MR) is 64.6 cm³/mol. The largest absolute Gasteiger partial charge is 0.481 e. The van der Waals surface area contributed by atoms with Gasteiger partial charge >= 0.3 is 0 Å². The van der Waals surface area contributed by atoms with Crippen molar-refractivity contribution in [1.82, 2.24) is 5.32 Å². The maximum Gasteiger partial charge on any atom is 0.260 e. The Morgan fingerprint density at radius 1 is 1.38 bits per heavy atom. The highest BCUT2D eigenvalue weighted by Crippen LogP contribution is 2.13. The lowest BCUT2D eigenvalue weighted by Crippen LogP contribution is -2.36. The standard InChI is InChI=1S/C13H19NO2/c1-4-9-14-13(15)11(3)16-12-7-5-10(2)6-8-12/h5-8,11H,4,9H2,1-3H3,(H,14,15)/t11-/m1/s1. The van der Waals surface area contributed by atoms with Crippen LogP contribution in [-0.2, 0) is 4.79 Å². The van der Waals surface area contributed by atoms with Crippen molar-refractivity contribution in [2.75, 3.05) is 6.54 Å². The molecule has 16 heavy (non-hydrogen) atoms. The van der Waals surface area contributed by atoms with E-state index in [0.717, 1.165) is 12.2 Å². The number of hydrogen-bond donors (Lipinski definition) is 1. The number of ether oxygens (including phenoxy) is 1. The van der Waals surface area contributed by atoms with Gasteiger partial charge in [0.1, 0.15) is 5.75 Å². The third-order valence-electron chi connectivity index (χ3n) is 2.25. The lowest BCUT2D eigenvalue weighted by molar-refractivity contribution is -0.127. The second-order valence-corrected chi connectivity index (χ2v) is 3.86. The molecule has 88 valence electrons. The molecule has 0 aliphatic rings. The monoisotopic (exact) mass is 221 g/mol. The molecule has 1 rings (SSSR count). The van der Waals surface area contributed by atoms with Crippen LogP contribution in [0.4, 0.5) is 0 Å². The molecule has 0 bridgehead atoms. The van der Waals surface area contributed by atoms with Gasteiger partial charge in [0.05, 0.1) is 0 Å². The van der Waals surface area contributed by atoms with E-state index in [-0.39, 0.29) is 5.91 Å². The number of rotatable bonds is 5. The van der Waals surface area contributed by atoms with Crippen LogP contribution in [0.25, 0.3) is 0 Å². The number of hydrogen-bond acceptors (Lipinski definition) is 2. The summed E-state index contributed by atoms with van der Waals surface area (Å²) >= 11 is 0.